The van der Waals surface area contributed by atoms with E-state index in [0.717, 1.165) is 25.7 Å². The number of hydrazine groups is 2. The molecule has 0 aliphatic rings. The molecular weight excluding hydrogens is 290 g/mol. The fourth-order valence-corrected chi connectivity index (χ4v) is 1.34. The molecule has 0 aliphatic carbocycles. The molecule has 0 bridgehead atoms. The Hall–Kier alpha value is 0.000000000000000222. The van der Waals surface area contributed by atoms with Crippen molar-refractivity contribution in [1.82, 2.24) is 10.0 Å². The molecule has 106 valence electrons. The smallest absolute Gasteiger partial charge is 0.569 e. The van der Waals surface area contributed by atoms with Gasteiger partial charge in [0.05, 0.1) is 37.1 Å². The normalized spacial score (nSPS) is 11.3. The van der Waals surface area contributed by atoms with Gasteiger partial charge in [-0.2, -0.15) is 0 Å². The number of nitrogens with zero attached hydrogens (tertiary/aromatic N) is 6. The van der Waals surface area contributed by atoms with Crippen molar-refractivity contribution in [1.29, 1.82) is 0 Å². The summed E-state index contributed by atoms with van der Waals surface area (Å²) in [6, 6.07) is 0. The molecule has 0 unspecified atom stereocenters. The largest absolute Gasteiger partial charge is 1.00 e. The Labute approximate surface area is 162 Å². The molecule has 20 heavy (non-hydrogen) atoms. The third-order valence-electron chi connectivity index (χ3n) is 2.45. The van der Waals surface area contributed by atoms with E-state index in [4.69, 9.17) is 10.4 Å². The maximum absolute atomic E-state index is 10.8. The fourth-order valence-electron chi connectivity index (χ4n) is 1.34. The average molecular weight is 310 g/mol. The van der Waals surface area contributed by atoms with Gasteiger partial charge in [0.2, 0.25) is 10.6 Å². The summed E-state index contributed by atoms with van der Waals surface area (Å²) in [4.78, 5) is 0.234. The molecular formula is C8H20N6Na2O4+2. The van der Waals surface area contributed by atoms with Crippen LogP contribution in [0.5, 0.6) is 0 Å². The van der Waals surface area contributed by atoms with Gasteiger partial charge in [0.25, 0.3) is 0 Å². The molecule has 0 aliphatic heterocycles. The van der Waals surface area contributed by atoms with Crippen LogP contribution in [0.15, 0.2) is 10.6 Å². The first-order valence-corrected chi connectivity index (χ1v) is 5.59. The SMILES string of the molecule is CN(CCCCCCN(C)[N+]([O-])=NO)[N+]([O-])=NO.[Na+].[Na+]. The summed E-state index contributed by atoms with van der Waals surface area (Å²) < 4.78 is 0. The topological polar surface area (TPSA) is 124 Å². The zero-order valence-corrected chi connectivity index (χ0v) is 16.6. The number of hydrogen-bond acceptors (Lipinski definition) is 4. The van der Waals surface area contributed by atoms with Crippen LogP contribution < -0.4 is 59.1 Å². The quantitative estimate of drug-likeness (QED) is 0.144. The Bertz CT molecular complexity index is 266. The van der Waals surface area contributed by atoms with Gasteiger partial charge in [-0.25, -0.2) is 0 Å². The summed E-state index contributed by atoms with van der Waals surface area (Å²) >= 11 is 0. The minimum atomic E-state index is 0. The molecule has 0 fully saturated rings. The van der Waals surface area contributed by atoms with Crippen molar-refractivity contribution in [2.75, 3.05) is 27.2 Å². The fraction of sp³-hybridized carbons (Fsp3) is 1.00. The number of unbranched alkanes of at least 4 members (excludes halogenated alkanes) is 3. The van der Waals surface area contributed by atoms with Crippen molar-refractivity contribution in [3.8, 4) is 0 Å². The van der Waals surface area contributed by atoms with Crippen molar-refractivity contribution < 1.29 is 79.5 Å². The average Bonchev–Trinajstić information content (AvgIpc) is 2.39. The minimum Gasteiger partial charge on any atom is -0.569 e. The predicted molar refractivity (Wildman–Crippen MR) is 59.4 cm³/mol. The summed E-state index contributed by atoms with van der Waals surface area (Å²) in [6.07, 6.45) is 3.32. The van der Waals surface area contributed by atoms with Gasteiger partial charge in [-0.1, -0.05) is 12.8 Å². The summed E-state index contributed by atoms with van der Waals surface area (Å²) in [5, 5.41) is 45.4. The first kappa shape index (κ1) is 25.0. The van der Waals surface area contributed by atoms with Crippen LogP contribution in [0.4, 0.5) is 0 Å². The number of hydrogen-bond donors (Lipinski definition) is 2. The molecule has 0 saturated carbocycles. The van der Waals surface area contributed by atoms with E-state index in [1.807, 2.05) is 0 Å². The van der Waals surface area contributed by atoms with Gasteiger partial charge in [-0.3, -0.25) is 0 Å². The zero-order valence-electron chi connectivity index (χ0n) is 12.6. The van der Waals surface area contributed by atoms with Crippen LogP contribution in [0.3, 0.4) is 0 Å². The van der Waals surface area contributed by atoms with Crippen molar-refractivity contribution in [2.45, 2.75) is 25.7 Å². The maximum Gasteiger partial charge on any atom is 1.00 e. The molecule has 12 heteroatoms. The van der Waals surface area contributed by atoms with Gasteiger partial charge in [0.1, 0.15) is 0 Å². The molecule has 10 nitrogen and oxygen atoms in total. The van der Waals surface area contributed by atoms with Crippen molar-refractivity contribution in [2.24, 2.45) is 10.6 Å². The van der Waals surface area contributed by atoms with Gasteiger partial charge >= 0.3 is 59.1 Å². The van der Waals surface area contributed by atoms with Crippen molar-refractivity contribution in [3.05, 3.63) is 10.4 Å². The minimum absolute atomic E-state index is 0. The number of rotatable bonds is 9. The van der Waals surface area contributed by atoms with Crippen molar-refractivity contribution in [3.63, 3.8) is 0 Å². The Morgan fingerprint density at radius 1 is 0.800 bits per heavy atom. The molecule has 0 radical (unpaired) electrons. The Morgan fingerprint density at radius 2 is 1.10 bits per heavy atom. The van der Waals surface area contributed by atoms with E-state index in [9.17, 15) is 10.4 Å². The van der Waals surface area contributed by atoms with Gasteiger partial charge in [0.15, 0.2) is 0 Å². The Morgan fingerprint density at radius 3 is 1.35 bits per heavy atom. The molecule has 0 saturated heterocycles. The van der Waals surface area contributed by atoms with E-state index in [1.54, 1.807) is 0 Å². The second-order valence-corrected chi connectivity index (χ2v) is 3.86. The summed E-state index contributed by atoms with van der Waals surface area (Å²) in [5.41, 5.74) is 0. The summed E-state index contributed by atoms with van der Waals surface area (Å²) in [5.74, 6) is 0. The molecule has 0 amide bonds. The molecule has 0 aromatic rings. The van der Waals surface area contributed by atoms with E-state index in [0.29, 0.717) is 13.1 Å². The molecule has 0 aromatic heterocycles. The second-order valence-electron chi connectivity index (χ2n) is 3.86. The molecule has 0 rings (SSSR count). The van der Waals surface area contributed by atoms with E-state index in [1.165, 1.54) is 24.1 Å². The maximum atomic E-state index is 10.8. The summed E-state index contributed by atoms with van der Waals surface area (Å²) in [6.45, 7) is 0.978. The van der Waals surface area contributed by atoms with Gasteiger partial charge < -0.3 is 20.8 Å². The molecule has 0 spiro atoms. The van der Waals surface area contributed by atoms with Crippen LogP contribution in [0.25, 0.3) is 0 Å². The second kappa shape index (κ2) is 15.4. The van der Waals surface area contributed by atoms with E-state index in [-0.39, 0.29) is 69.1 Å². The van der Waals surface area contributed by atoms with Crippen LogP contribution in [-0.4, -0.2) is 57.6 Å². The van der Waals surface area contributed by atoms with E-state index < -0.39 is 0 Å². The molecule has 0 heterocycles. The van der Waals surface area contributed by atoms with Gasteiger partial charge in [-0.15, -0.1) is 10.0 Å². The van der Waals surface area contributed by atoms with Crippen LogP contribution >= 0.6 is 0 Å². The van der Waals surface area contributed by atoms with Crippen LogP contribution in [0.1, 0.15) is 25.7 Å². The van der Waals surface area contributed by atoms with Crippen LogP contribution in [0, 0.1) is 10.4 Å². The van der Waals surface area contributed by atoms with Crippen LogP contribution in [-0.2, 0) is 0 Å². The van der Waals surface area contributed by atoms with Crippen molar-refractivity contribution >= 4 is 0 Å². The monoisotopic (exact) mass is 310 g/mol. The van der Waals surface area contributed by atoms with Gasteiger partial charge in [0, 0.05) is 0 Å². The van der Waals surface area contributed by atoms with E-state index >= 15 is 0 Å². The third kappa shape index (κ3) is 11.8. The molecule has 0 atom stereocenters. The molecule has 0 aromatic carbocycles. The first-order valence-electron chi connectivity index (χ1n) is 5.59. The van der Waals surface area contributed by atoms with E-state index in [2.05, 4.69) is 10.6 Å². The first-order chi connectivity index (χ1) is 8.52. The zero-order chi connectivity index (χ0) is 14.0. The molecule has 2 N–H and O–H groups in total. The third-order valence-corrected chi connectivity index (χ3v) is 2.45. The predicted octanol–water partition coefficient (Wildman–Crippen LogP) is -5.05. The summed E-state index contributed by atoms with van der Waals surface area (Å²) in [7, 11) is 3.05. The van der Waals surface area contributed by atoms with Crippen LogP contribution in [0.2, 0.25) is 0 Å². The van der Waals surface area contributed by atoms with Gasteiger partial charge in [-0.05, 0) is 12.8 Å². The standard InChI is InChI=1S/C8H20N6O4.2Na/c1-11(13(17)9-15)7-5-3-4-6-8-12(2)14(18)10-16;;/h15-16H,3-8H2,1-2H3;;/q;2*+1. The Kier molecular flexibility index (Phi) is 19.2. The Balaban J connectivity index is -0.00000144.